The second-order valence-electron chi connectivity index (χ2n) is 8.51. The van der Waals surface area contributed by atoms with Crippen LogP contribution >= 0.6 is 0 Å². The highest BCUT2D eigenvalue weighted by Crippen LogP contribution is 2.23. The molecule has 36 heavy (non-hydrogen) atoms. The van der Waals surface area contributed by atoms with E-state index >= 15 is 0 Å². The van der Waals surface area contributed by atoms with Gasteiger partial charge in [-0.15, -0.1) is 0 Å². The fourth-order valence-corrected chi connectivity index (χ4v) is 5.80. The summed E-state index contributed by atoms with van der Waals surface area (Å²) in [5.74, 6) is -0.781. The summed E-state index contributed by atoms with van der Waals surface area (Å²) >= 11 is 0. The third kappa shape index (κ3) is 5.50. The van der Waals surface area contributed by atoms with Crippen LogP contribution in [0.15, 0.2) is 65.3 Å². The number of nitrogens with zero attached hydrogens (tertiary/aromatic N) is 3. The zero-order chi connectivity index (χ0) is 25.7. The number of amides is 1. The topological polar surface area (TPSA) is 137 Å². The molecule has 1 fully saturated rings. The Hall–Kier alpha value is -3.88. The number of nitriles is 1. The maximum absolute atomic E-state index is 13.5. The minimum absolute atomic E-state index is 0.0830. The van der Waals surface area contributed by atoms with Crippen LogP contribution in [0.5, 0.6) is 0 Å². The minimum Gasteiger partial charge on any atom is -0.466 e. The molecule has 0 aliphatic carbocycles. The lowest BCUT2D eigenvalue weighted by Gasteiger charge is -2.32. The summed E-state index contributed by atoms with van der Waals surface area (Å²) in [6, 6.07) is 11.0. The lowest BCUT2D eigenvalue weighted by Crippen LogP contribution is -2.50. The normalized spacial score (nSPS) is 14.9. The summed E-state index contributed by atoms with van der Waals surface area (Å²) in [4.78, 5) is 29.8. The lowest BCUT2D eigenvalue weighted by atomic mass is 10.0. The number of fused-ring (bicyclic) bond motifs is 1. The number of ether oxygens (including phenoxy) is 1. The molecule has 1 aromatic carbocycles. The van der Waals surface area contributed by atoms with E-state index in [4.69, 9.17) is 0 Å². The van der Waals surface area contributed by atoms with Crippen molar-refractivity contribution in [3.8, 4) is 6.07 Å². The van der Waals surface area contributed by atoms with E-state index in [-0.39, 0.29) is 23.8 Å². The second-order valence-corrected chi connectivity index (χ2v) is 10.2. The molecule has 0 saturated carbocycles. The Kier molecular flexibility index (Phi) is 7.57. The summed E-state index contributed by atoms with van der Waals surface area (Å²) < 4.78 is 35.8. The molecular formula is C25H27N5O5S. The summed E-state index contributed by atoms with van der Waals surface area (Å²) in [6.45, 7) is 1.00. The maximum atomic E-state index is 13.5. The zero-order valence-electron chi connectivity index (χ0n) is 19.8. The Labute approximate surface area is 209 Å². The van der Waals surface area contributed by atoms with Crippen LogP contribution in [0.2, 0.25) is 0 Å². The van der Waals surface area contributed by atoms with Crippen molar-refractivity contribution in [1.82, 2.24) is 19.2 Å². The predicted octanol–water partition coefficient (Wildman–Crippen LogP) is 2.30. The van der Waals surface area contributed by atoms with Gasteiger partial charge in [-0.25, -0.2) is 13.2 Å². The molecule has 4 rings (SSSR count). The van der Waals surface area contributed by atoms with E-state index in [2.05, 4.69) is 20.5 Å². The average molecular weight is 510 g/mol. The molecule has 3 heterocycles. The van der Waals surface area contributed by atoms with E-state index in [1.165, 1.54) is 19.3 Å². The number of rotatable bonds is 8. The average Bonchev–Trinajstić information content (AvgIpc) is 3.55. The van der Waals surface area contributed by atoms with Crippen molar-refractivity contribution in [2.75, 3.05) is 20.2 Å². The minimum atomic E-state index is -4.04. The summed E-state index contributed by atoms with van der Waals surface area (Å²) in [6.07, 6.45) is 5.98. The van der Waals surface area contributed by atoms with Gasteiger partial charge >= 0.3 is 5.97 Å². The first-order chi connectivity index (χ1) is 17.3. The molecule has 0 spiro atoms. The molecule has 1 unspecified atom stereocenters. The third-order valence-electron chi connectivity index (χ3n) is 6.28. The molecule has 1 atom stereocenters. The number of esters is 1. The van der Waals surface area contributed by atoms with Gasteiger partial charge in [0.2, 0.25) is 15.9 Å². The molecule has 2 aromatic heterocycles. The van der Waals surface area contributed by atoms with Gasteiger partial charge in [0, 0.05) is 49.0 Å². The van der Waals surface area contributed by atoms with E-state index in [1.807, 2.05) is 0 Å². The molecule has 3 aromatic rings. The van der Waals surface area contributed by atoms with E-state index in [1.54, 1.807) is 52.2 Å². The first-order valence-corrected chi connectivity index (χ1v) is 13.0. The van der Waals surface area contributed by atoms with E-state index in [0.29, 0.717) is 42.5 Å². The molecule has 188 valence electrons. The number of carbonyl (C=O) groups is 2. The fraction of sp³-hybridized carbons (Fsp3) is 0.320. The van der Waals surface area contributed by atoms with Crippen LogP contribution in [0.1, 0.15) is 25.0 Å². The van der Waals surface area contributed by atoms with Crippen LogP contribution < -0.4 is 4.72 Å². The van der Waals surface area contributed by atoms with Crippen LogP contribution in [0.25, 0.3) is 10.9 Å². The van der Waals surface area contributed by atoms with Crippen molar-refractivity contribution in [3.05, 3.63) is 66.1 Å². The summed E-state index contributed by atoms with van der Waals surface area (Å²) in [7, 11) is -2.73. The predicted molar refractivity (Wildman–Crippen MR) is 132 cm³/mol. The molecule has 1 amide bonds. The van der Waals surface area contributed by atoms with Crippen molar-refractivity contribution in [2.45, 2.75) is 36.7 Å². The Balaban J connectivity index is 1.56. The molecule has 0 bridgehead atoms. The molecule has 0 radical (unpaired) electrons. The molecule has 2 N–H and O–H groups in total. The number of sulfonamides is 1. The SMILES string of the molecule is COC(=O)C=C1CCN(C(=O)C(CCn2cccc2C#N)NS(=O)(=O)c2cccc3[nH]ccc23)CC1. The first-order valence-electron chi connectivity index (χ1n) is 11.5. The highest BCUT2D eigenvalue weighted by Gasteiger charge is 2.31. The fourth-order valence-electron chi connectivity index (χ4n) is 4.36. The highest BCUT2D eigenvalue weighted by atomic mass is 32.2. The molecule has 11 heteroatoms. The number of aromatic amines is 1. The number of likely N-dealkylation sites (tertiary alicyclic amines) is 1. The van der Waals surface area contributed by atoms with Crippen LogP contribution in [0, 0.1) is 11.3 Å². The van der Waals surface area contributed by atoms with Gasteiger partial charge in [0.05, 0.1) is 12.0 Å². The van der Waals surface area contributed by atoms with Gasteiger partial charge in [0.15, 0.2) is 0 Å². The number of H-pyrrole nitrogens is 1. The number of piperidine rings is 1. The number of hydrogen-bond donors (Lipinski definition) is 2. The second kappa shape index (κ2) is 10.8. The van der Waals surface area contributed by atoms with Gasteiger partial charge in [-0.05, 0) is 49.6 Å². The Morgan fingerprint density at radius 3 is 2.72 bits per heavy atom. The van der Waals surface area contributed by atoms with Gasteiger partial charge < -0.3 is 19.2 Å². The highest BCUT2D eigenvalue weighted by molar-refractivity contribution is 7.89. The quantitative estimate of drug-likeness (QED) is 0.353. The van der Waals surface area contributed by atoms with Crippen LogP contribution in [0.3, 0.4) is 0 Å². The Morgan fingerprint density at radius 1 is 1.22 bits per heavy atom. The summed E-state index contributed by atoms with van der Waals surface area (Å²) in [5, 5.41) is 9.84. The van der Waals surface area contributed by atoms with Crippen LogP contribution in [0.4, 0.5) is 0 Å². The van der Waals surface area contributed by atoms with Crippen molar-refractivity contribution < 1.29 is 22.7 Å². The molecule has 1 aliphatic rings. The summed E-state index contributed by atoms with van der Waals surface area (Å²) in [5.41, 5.74) is 1.98. The van der Waals surface area contributed by atoms with Gasteiger partial charge in [-0.1, -0.05) is 11.6 Å². The monoisotopic (exact) mass is 509 g/mol. The zero-order valence-corrected chi connectivity index (χ0v) is 20.6. The van der Waals surface area contributed by atoms with Crippen molar-refractivity contribution in [2.24, 2.45) is 0 Å². The molecule has 1 aliphatic heterocycles. The lowest BCUT2D eigenvalue weighted by molar-refractivity contribution is -0.134. The first kappa shape index (κ1) is 25.2. The number of aromatic nitrogens is 2. The number of carbonyl (C=O) groups excluding carboxylic acids is 2. The van der Waals surface area contributed by atoms with E-state index in [0.717, 1.165) is 5.57 Å². The van der Waals surface area contributed by atoms with Gasteiger partial charge in [-0.2, -0.15) is 9.98 Å². The Bertz CT molecular complexity index is 1440. The van der Waals surface area contributed by atoms with Crippen molar-refractivity contribution >= 4 is 32.8 Å². The Morgan fingerprint density at radius 2 is 2.00 bits per heavy atom. The van der Waals surface area contributed by atoms with Gasteiger partial charge in [0.25, 0.3) is 0 Å². The van der Waals surface area contributed by atoms with Gasteiger partial charge in [0.1, 0.15) is 17.8 Å². The number of methoxy groups -OCH3 is 1. The van der Waals surface area contributed by atoms with Crippen LogP contribution in [-0.4, -0.2) is 61.0 Å². The standard InChI is InChI=1S/C25H27N5O5S/c1-35-24(31)16-18-8-13-30(14-9-18)25(32)22(10-15-29-12-3-4-19(29)17-26)28-36(33,34)23-6-2-5-21-20(23)7-11-27-21/h2-7,11-12,16,22,27-28H,8-10,13-15H2,1H3. The largest absolute Gasteiger partial charge is 0.466 e. The maximum Gasteiger partial charge on any atom is 0.330 e. The third-order valence-corrected chi connectivity index (χ3v) is 7.81. The molecule has 10 nitrogen and oxygen atoms in total. The number of nitrogens with one attached hydrogen (secondary N) is 2. The van der Waals surface area contributed by atoms with E-state index < -0.39 is 22.0 Å². The number of aryl methyl sites for hydroxylation is 1. The molecule has 1 saturated heterocycles. The smallest absolute Gasteiger partial charge is 0.330 e. The number of hydrogen-bond acceptors (Lipinski definition) is 6. The van der Waals surface area contributed by atoms with Crippen LogP contribution in [-0.2, 0) is 30.9 Å². The van der Waals surface area contributed by atoms with Crippen molar-refractivity contribution in [1.29, 1.82) is 5.26 Å². The van der Waals surface area contributed by atoms with Gasteiger partial charge in [-0.3, -0.25) is 4.79 Å². The number of benzene rings is 1. The molecular weight excluding hydrogens is 482 g/mol. The van der Waals surface area contributed by atoms with Crippen molar-refractivity contribution in [3.63, 3.8) is 0 Å². The van der Waals surface area contributed by atoms with E-state index in [9.17, 15) is 23.3 Å².